The summed E-state index contributed by atoms with van der Waals surface area (Å²) in [5, 5.41) is 5.00. The molecule has 2 heteroatoms. The molecule has 0 radical (unpaired) electrons. The number of hydrogen-bond acceptors (Lipinski definition) is 1. The van der Waals surface area contributed by atoms with Gasteiger partial charge in [0.2, 0.25) is 0 Å². The highest BCUT2D eigenvalue weighted by Crippen LogP contribution is 2.49. The van der Waals surface area contributed by atoms with Gasteiger partial charge in [-0.25, -0.2) is 0 Å². The van der Waals surface area contributed by atoms with E-state index in [1.54, 1.807) is 0 Å². The normalized spacial score (nSPS) is 11.3. The Kier molecular flexibility index (Phi) is 10.9. The lowest BCUT2D eigenvalue weighted by molar-refractivity contribution is 1.18. The van der Waals surface area contributed by atoms with Gasteiger partial charge in [-0.05, 0) is 127 Å². The van der Waals surface area contributed by atoms with Crippen molar-refractivity contribution < 1.29 is 0 Å². The van der Waals surface area contributed by atoms with Crippen molar-refractivity contribution in [1.29, 1.82) is 0 Å². The van der Waals surface area contributed by atoms with Crippen LogP contribution in [0.2, 0.25) is 0 Å². The topological polar surface area (TPSA) is 8.17 Å². The summed E-state index contributed by atoms with van der Waals surface area (Å²) in [4.78, 5) is 2.45. The predicted octanol–water partition coefficient (Wildman–Crippen LogP) is 19.4. The summed E-state index contributed by atoms with van der Waals surface area (Å²) in [5.41, 5.74) is 20.9. The summed E-state index contributed by atoms with van der Waals surface area (Å²) >= 11 is 0. The number of benzene rings is 12. The Hall–Kier alpha value is -9.50. The fourth-order valence-corrected chi connectivity index (χ4v) is 10.9. The average Bonchev–Trinajstić information content (AvgIpc) is 3.81. The van der Waals surface area contributed by atoms with Crippen LogP contribution in [0.4, 0.5) is 17.1 Å². The lowest BCUT2D eigenvalue weighted by atomic mass is 9.87. The van der Waals surface area contributed by atoms with Gasteiger partial charge in [0, 0.05) is 33.4 Å². The Bertz CT molecular complexity index is 4040. The van der Waals surface area contributed by atoms with E-state index in [1.807, 2.05) is 0 Å². The minimum absolute atomic E-state index is 1.06. The molecule has 338 valence electrons. The van der Waals surface area contributed by atoms with Crippen LogP contribution in [-0.4, -0.2) is 4.57 Å². The molecule has 0 atom stereocenters. The van der Waals surface area contributed by atoms with E-state index >= 15 is 0 Å². The summed E-state index contributed by atoms with van der Waals surface area (Å²) in [7, 11) is 0. The number of fused-ring (bicyclic) bond motifs is 4. The molecule has 13 rings (SSSR count). The molecule has 0 aliphatic carbocycles. The quantitative estimate of drug-likeness (QED) is 0.133. The average molecular weight is 917 g/mol. The van der Waals surface area contributed by atoms with E-state index in [1.165, 1.54) is 82.6 Å². The smallest absolute Gasteiger partial charge is 0.0547 e. The fourth-order valence-electron chi connectivity index (χ4n) is 10.9. The Balaban J connectivity index is 0.971. The van der Waals surface area contributed by atoms with E-state index in [0.717, 1.165) is 39.4 Å². The molecule has 0 saturated heterocycles. The molecule has 0 aliphatic rings. The van der Waals surface area contributed by atoms with Crippen LogP contribution < -0.4 is 4.90 Å². The second kappa shape index (κ2) is 18.4. The van der Waals surface area contributed by atoms with Crippen LogP contribution in [-0.2, 0) is 0 Å². The van der Waals surface area contributed by atoms with Crippen molar-refractivity contribution in [3.8, 4) is 72.4 Å². The van der Waals surface area contributed by atoms with Crippen LogP contribution in [0.25, 0.3) is 105 Å². The first kappa shape index (κ1) is 42.6. The minimum atomic E-state index is 1.06. The number of anilines is 3. The van der Waals surface area contributed by atoms with Crippen molar-refractivity contribution in [2.45, 2.75) is 0 Å². The second-order valence-electron chi connectivity index (χ2n) is 18.4. The second-order valence-corrected chi connectivity index (χ2v) is 18.4. The standard InChI is InChI=1S/C70H48N2/c1-4-19-51(20-5-1)61-28-12-13-29-64(61)69-62(53-21-6-2-7-22-53)32-17-35-67(69)71(57-45-41-50(42-46-57)49-37-39-54(40-38-49)60-31-16-24-52-23-10-11-27-59(52)60)58-47-43-55(44-48-58)63-33-18-36-68-70(63)65-30-14-15-34-66(65)72(68)56-25-8-3-9-26-56/h1-48H. The number of hydrogen-bond donors (Lipinski definition) is 0. The number of para-hydroxylation sites is 2. The summed E-state index contributed by atoms with van der Waals surface area (Å²) in [6.45, 7) is 0. The van der Waals surface area contributed by atoms with Gasteiger partial charge in [0.1, 0.15) is 0 Å². The molecule has 0 spiro atoms. The SMILES string of the molecule is c1ccc(-c2ccccc2-c2c(-c3ccccc3)cccc2N(c2ccc(-c3ccc(-c4cccc5ccccc45)cc3)cc2)c2ccc(-c3cccc4c3c3ccccc3n4-c3ccccc3)cc2)cc1. The van der Waals surface area contributed by atoms with Crippen molar-refractivity contribution in [2.75, 3.05) is 4.90 Å². The van der Waals surface area contributed by atoms with Crippen molar-refractivity contribution in [1.82, 2.24) is 4.57 Å². The van der Waals surface area contributed by atoms with Gasteiger partial charge >= 0.3 is 0 Å². The molecule has 0 N–H and O–H groups in total. The third-order valence-corrected chi connectivity index (χ3v) is 14.2. The Morgan fingerprint density at radius 1 is 0.250 bits per heavy atom. The molecule has 1 heterocycles. The predicted molar refractivity (Wildman–Crippen MR) is 306 cm³/mol. The van der Waals surface area contributed by atoms with Gasteiger partial charge in [0.25, 0.3) is 0 Å². The highest BCUT2D eigenvalue weighted by atomic mass is 15.1. The van der Waals surface area contributed by atoms with Crippen molar-refractivity contribution in [3.05, 3.63) is 291 Å². The van der Waals surface area contributed by atoms with Crippen LogP contribution >= 0.6 is 0 Å². The van der Waals surface area contributed by atoms with Crippen molar-refractivity contribution in [3.63, 3.8) is 0 Å². The van der Waals surface area contributed by atoms with E-state index in [2.05, 4.69) is 301 Å². The molecular weight excluding hydrogens is 869 g/mol. The van der Waals surface area contributed by atoms with E-state index in [4.69, 9.17) is 0 Å². The maximum Gasteiger partial charge on any atom is 0.0547 e. The van der Waals surface area contributed by atoms with Gasteiger partial charge < -0.3 is 9.47 Å². The van der Waals surface area contributed by atoms with Gasteiger partial charge in [-0.1, -0.05) is 237 Å². The number of rotatable bonds is 10. The summed E-state index contributed by atoms with van der Waals surface area (Å²) in [6.07, 6.45) is 0. The maximum absolute atomic E-state index is 2.45. The lowest BCUT2D eigenvalue weighted by Gasteiger charge is -2.30. The molecule has 0 fully saturated rings. The first-order chi connectivity index (χ1) is 35.7. The minimum Gasteiger partial charge on any atom is -0.310 e. The van der Waals surface area contributed by atoms with Gasteiger partial charge in [-0.3, -0.25) is 0 Å². The number of nitrogens with zero attached hydrogens (tertiary/aromatic N) is 2. The van der Waals surface area contributed by atoms with Gasteiger partial charge in [-0.15, -0.1) is 0 Å². The van der Waals surface area contributed by atoms with Crippen molar-refractivity contribution in [2.24, 2.45) is 0 Å². The Labute approximate surface area is 420 Å². The summed E-state index contributed by atoms with van der Waals surface area (Å²) in [6, 6.07) is 106. The number of aromatic nitrogens is 1. The fraction of sp³-hybridized carbons (Fsp3) is 0. The highest BCUT2D eigenvalue weighted by molar-refractivity contribution is 6.16. The molecule has 0 amide bonds. The zero-order chi connectivity index (χ0) is 47.8. The lowest BCUT2D eigenvalue weighted by Crippen LogP contribution is -2.12. The molecule has 72 heavy (non-hydrogen) atoms. The van der Waals surface area contributed by atoms with Crippen LogP contribution in [0.15, 0.2) is 291 Å². The first-order valence-electron chi connectivity index (χ1n) is 24.8. The third kappa shape index (κ3) is 7.63. The highest BCUT2D eigenvalue weighted by Gasteiger charge is 2.24. The van der Waals surface area contributed by atoms with E-state index in [-0.39, 0.29) is 0 Å². The van der Waals surface area contributed by atoms with E-state index < -0.39 is 0 Å². The summed E-state index contributed by atoms with van der Waals surface area (Å²) in [5.74, 6) is 0. The molecule has 2 nitrogen and oxygen atoms in total. The van der Waals surface area contributed by atoms with Crippen molar-refractivity contribution >= 4 is 49.6 Å². The van der Waals surface area contributed by atoms with Gasteiger partial charge in [0.05, 0.1) is 16.7 Å². The molecular formula is C70H48N2. The van der Waals surface area contributed by atoms with E-state index in [9.17, 15) is 0 Å². The monoisotopic (exact) mass is 916 g/mol. The zero-order valence-electron chi connectivity index (χ0n) is 39.6. The van der Waals surface area contributed by atoms with E-state index in [0.29, 0.717) is 0 Å². The molecule has 12 aromatic carbocycles. The Morgan fingerprint density at radius 2 is 0.681 bits per heavy atom. The van der Waals surface area contributed by atoms with Crippen LogP contribution in [0.3, 0.4) is 0 Å². The molecule has 1 aromatic heterocycles. The largest absolute Gasteiger partial charge is 0.310 e. The third-order valence-electron chi connectivity index (χ3n) is 14.2. The van der Waals surface area contributed by atoms with Crippen LogP contribution in [0.1, 0.15) is 0 Å². The van der Waals surface area contributed by atoms with Crippen LogP contribution in [0.5, 0.6) is 0 Å². The zero-order valence-corrected chi connectivity index (χ0v) is 39.6. The molecule has 13 aromatic rings. The van der Waals surface area contributed by atoms with Crippen LogP contribution in [0, 0.1) is 0 Å². The van der Waals surface area contributed by atoms with Gasteiger partial charge in [0.15, 0.2) is 0 Å². The first-order valence-corrected chi connectivity index (χ1v) is 24.8. The molecule has 0 bridgehead atoms. The maximum atomic E-state index is 2.45. The molecule has 0 aliphatic heterocycles. The Morgan fingerprint density at radius 3 is 1.39 bits per heavy atom. The molecule has 0 unspecified atom stereocenters. The molecule has 0 saturated carbocycles. The summed E-state index contributed by atoms with van der Waals surface area (Å²) < 4.78 is 2.39. The van der Waals surface area contributed by atoms with Gasteiger partial charge in [-0.2, -0.15) is 0 Å².